The Labute approximate surface area is 110 Å². The number of rotatable bonds is 2. The molecule has 0 aromatic heterocycles. The van der Waals surface area contributed by atoms with E-state index >= 15 is 0 Å². The molecular weight excluding hydrogens is 250 g/mol. The monoisotopic (exact) mass is 265 g/mol. The molecule has 0 saturated carbocycles. The number of ether oxygens (including phenoxy) is 2. The van der Waals surface area contributed by atoms with E-state index in [2.05, 4.69) is 10.1 Å². The Balaban J connectivity index is 2.50. The molecule has 0 saturated heterocycles. The van der Waals surface area contributed by atoms with Gasteiger partial charge in [0.15, 0.2) is 5.54 Å². The number of nitrogens with one attached hydrogen (secondary N) is 1. The number of fused-ring (bicyclic) bond motifs is 1. The zero-order valence-corrected chi connectivity index (χ0v) is 10.7. The van der Waals surface area contributed by atoms with Crippen molar-refractivity contribution in [1.29, 1.82) is 0 Å². The molecule has 0 aliphatic heterocycles. The van der Waals surface area contributed by atoms with Gasteiger partial charge < -0.3 is 19.9 Å². The van der Waals surface area contributed by atoms with E-state index in [0.717, 1.165) is 5.56 Å². The van der Waals surface area contributed by atoms with Gasteiger partial charge in [0, 0.05) is 0 Å². The zero-order valence-electron chi connectivity index (χ0n) is 10.7. The van der Waals surface area contributed by atoms with Gasteiger partial charge in [-0.3, -0.25) is 0 Å². The lowest BCUT2D eigenvalue weighted by atomic mass is 9.91. The number of esters is 1. The van der Waals surface area contributed by atoms with Crippen molar-refractivity contribution in [3.8, 4) is 5.75 Å². The highest BCUT2D eigenvalue weighted by Crippen LogP contribution is 2.39. The lowest BCUT2D eigenvalue weighted by Crippen LogP contribution is -2.51. The Kier molecular flexibility index (Phi) is 3.33. The summed E-state index contributed by atoms with van der Waals surface area (Å²) in [5.74, 6) is -0.553. The van der Waals surface area contributed by atoms with Gasteiger partial charge in [0.25, 0.3) is 0 Å². The number of aryl methyl sites for hydroxylation is 1. The molecule has 0 unspecified atom stereocenters. The van der Waals surface area contributed by atoms with E-state index < -0.39 is 17.6 Å². The van der Waals surface area contributed by atoms with Crippen LogP contribution in [0.4, 0.5) is 4.79 Å². The van der Waals surface area contributed by atoms with Gasteiger partial charge in [-0.15, -0.1) is 0 Å². The number of hydrogen-bond acceptors (Lipinski definition) is 5. The molecule has 1 aromatic rings. The Morgan fingerprint density at radius 3 is 2.68 bits per heavy atom. The van der Waals surface area contributed by atoms with Crippen LogP contribution in [-0.4, -0.2) is 31.4 Å². The Hall–Kier alpha value is -2.24. The second kappa shape index (κ2) is 4.79. The summed E-state index contributed by atoms with van der Waals surface area (Å²) in [4.78, 5) is 23.6. The Morgan fingerprint density at radius 2 is 2.05 bits per heavy atom. The number of hydrogen-bond donors (Lipinski definition) is 2. The third-order valence-electron chi connectivity index (χ3n) is 3.36. The molecule has 0 heterocycles. The zero-order chi connectivity index (χ0) is 14.0. The summed E-state index contributed by atoms with van der Waals surface area (Å²) in [5.41, 5.74) is 0.139. The van der Waals surface area contributed by atoms with Gasteiger partial charge in [0.1, 0.15) is 5.75 Å². The maximum Gasteiger partial charge on any atom is 0.408 e. The number of carbonyl (C=O) groups is 2. The second-order valence-electron chi connectivity index (χ2n) is 4.35. The molecular formula is C13H15NO5. The number of alkyl carbamates (subject to hydrolysis) is 1. The van der Waals surface area contributed by atoms with E-state index in [9.17, 15) is 14.7 Å². The Morgan fingerprint density at radius 1 is 1.32 bits per heavy atom. The fourth-order valence-corrected chi connectivity index (χ4v) is 2.43. The van der Waals surface area contributed by atoms with Crippen LogP contribution in [0.5, 0.6) is 5.75 Å². The molecule has 2 rings (SSSR count). The quantitative estimate of drug-likeness (QED) is 0.781. The molecule has 19 heavy (non-hydrogen) atoms. The van der Waals surface area contributed by atoms with Crippen LogP contribution in [0, 0.1) is 0 Å². The molecule has 6 nitrogen and oxygen atoms in total. The molecule has 0 fully saturated rings. The summed E-state index contributed by atoms with van der Waals surface area (Å²) in [6.07, 6.45) is 0.254. The second-order valence-corrected chi connectivity index (χ2v) is 4.35. The van der Waals surface area contributed by atoms with Crippen molar-refractivity contribution in [2.45, 2.75) is 18.4 Å². The summed E-state index contributed by atoms with van der Waals surface area (Å²) in [7, 11) is 2.47. The largest absolute Gasteiger partial charge is 0.508 e. The molecule has 0 radical (unpaired) electrons. The minimum Gasteiger partial charge on any atom is -0.508 e. The van der Waals surface area contributed by atoms with Crippen LogP contribution in [0.1, 0.15) is 17.5 Å². The summed E-state index contributed by atoms with van der Waals surface area (Å²) in [6.45, 7) is 0. The number of methoxy groups -OCH3 is 2. The number of phenolic OH excluding ortho intramolecular Hbond substituents is 1. The van der Waals surface area contributed by atoms with Crippen LogP contribution in [0.25, 0.3) is 0 Å². The van der Waals surface area contributed by atoms with Gasteiger partial charge in [0.05, 0.1) is 14.2 Å². The average molecular weight is 265 g/mol. The lowest BCUT2D eigenvalue weighted by molar-refractivity contribution is -0.148. The van der Waals surface area contributed by atoms with Gasteiger partial charge in [0.2, 0.25) is 0 Å². The summed E-state index contributed by atoms with van der Waals surface area (Å²) < 4.78 is 9.35. The normalized spacial score (nSPS) is 20.5. The topological polar surface area (TPSA) is 84.9 Å². The average Bonchev–Trinajstić information content (AvgIpc) is 2.77. The van der Waals surface area contributed by atoms with E-state index in [0.29, 0.717) is 18.4 Å². The number of amides is 1. The van der Waals surface area contributed by atoms with Crippen molar-refractivity contribution in [3.05, 3.63) is 29.3 Å². The van der Waals surface area contributed by atoms with Crippen molar-refractivity contribution in [2.75, 3.05) is 14.2 Å². The number of phenols is 1. The SMILES string of the molecule is COC(=O)N[C@@]1(C(=O)OC)CCc2ccc(O)cc21. The van der Waals surface area contributed by atoms with Crippen molar-refractivity contribution in [3.63, 3.8) is 0 Å². The first kappa shape index (κ1) is 13.2. The summed E-state index contributed by atoms with van der Waals surface area (Å²) in [6, 6.07) is 4.74. The van der Waals surface area contributed by atoms with Crippen molar-refractivity contribution < 1.29 is 24.2 Å². The molecule has 1 amide bonds. The third-order valence-corrected chi connectivity index (χ3v) is 3.36. The highest BCUT2D eigenvalue weighted by molar-refractivity contribution is 5.88. The molecule has 1 atom stereocenters. The van der Waals surface area contributed by atoms with E-state index in [1.165, 1.54) is 20.3 Å². The van der Waals surface area contributed by atoms with E-state index in [-0.39, 0.29) is 5.75 Å². The van der Waals surface area contributed by atoms with Crippen LogP contribution >= 0.6 is 0 Å². The number of benzene rings is 1. The van der Waals surface area contributed by atoms with Gasteiger partial charge >= 0.3 is 12.1 Å². The lowest BCUT2D eigenvalue weighted by Gasteiger charge is -2.27. The van der Waals surface area contributed by atoms with Gasteiger partial charge in [-0.1, -0.05) is 6.07 Å². The fourth-order valence-electron chi connectivity index (χ4n) is 2.43. The minimum atomic E-state index is -1.30. The van der Waals surface area contributed by atoms with E-state index in [4.69, 9.17) is 4.74 Å². The first-order valence-corrected chi connectivity index (χ1v) is 5.80. The van der Waals surface area contributed by atoms with Crippen molar-refractivity contribution >= 4 is 12.1 Å². The fraction of sp³-hybridized carbons (Fsp3) is 0.385. The third kappa shape index (κ3) is 2.09. The summed E-state index contributed by atoms with van der Waals surface area (Å²) >= 11 is 0. The molecule has 1 aliphatic rings. The van der Waals surface area contributed by atoms with Crippen LogP contribution in [0.15, 0.2) is 18.2 Å². The van der Waals surface area contributed by atoms with Crippen molar-refractivity contribution in [2.24, 2.45) is 0 Å². The van der Waals surface area contributed by atoms with Crippen LogP contribution < -0.4 is 5.32 Å². The molecule has 0 bridgehead atoms. The highest BCUT2D eigenvalue weighted by atomic mass is 16.5. The first-order valence-electron chi connectivity index (χ1n) is 5.80. The molecule has 1 aliphatic carbocycles. The van der Waals surface area contributed by atoms with Crippen molar-refractivity contribution in [1.82, 2.24) is 5.32 Å². The van der Waals surface area contributed by atoms with Gasteiger partial charge in [-0.2, -0.15) is 0 Å². The van der Waals surface area contributed by atoms with Crippen LogP contribution in [-0.2, 0) is 26.2 Å². The molecule has 0 spiro atoms. The predicted octanol–water partition coefficient (Wildman–Crippen LogP) is 1.06. The maximum atomic E-state index is 12.1. The molecule has 1 aromatic carbocycles. The first-order chi connectivity index (χ1) is 9.03. The number of carbonyl (C=O) groups excluding carboxylic acids is 2. The molecule has 102 valence electrons. The van der Waals surface area contributed by atoms with Crippen LogP contribution in [0.2, 0.25) is 0 Å². The Bertz CT molecular complexity index is 528. The van der Waals surface area contributed by atoms with E-state index in [1.54, 1.807) is 12.1 Å². The predicted molar refractivity (Wildman–Crippen MR) is 65.7 cm³/mol. The molecule has 2 N–H and O–H groups in total. The van der Waals surface area contributed by atoms with Gasteiger partial charge in [-0.05, 0) is 36.1 Å². The highest BCUT2D eigenvalue weighted by Gasteiger charge is 2.48. The molecule has 6 heteroatoms. The standard InChI is InChI=1S/C13H15NO5/c1-18-11(16)13(14-12(17)19-2)6-5-8-3-4-9(15)7-10(8)13/h3-4,7,15H,5-6H2,1-2H3,(H,14,17)/t13-/m0/s1. The maximum absolute atomic E-state index is 12.1. The summed E-state index contributed by atoms with van der Waals surface area (Å²) in [5, 5.41) is 12.1. The van der Waals surface area contributed by atoms with Crippen LogP contribution in [0.3, 0.4) is 0 Å². The number of aromatic hydroxyl groups is 1. The smallest absolute Gasteiger partial charge is 0.408 e. The van der Waals surface area contributed by atoms with Gasteiger partial charge in [-0.25, -0.2) is 9.59 Å². The minimum absolute atomic E-state index is 0.0283. The van der Waals surface area contributed by atoms with E-state index in [1.807, 2.05) is 0 Å².